The van der Waals surface area contributed by atoms with Gasteiger partial charge < -0.3 is 34.6 Å². The number of amides is 2. The number of carboxylic acids is 1. The van der Waals surface area contributed by atoms with Crippen LogP contribution >= 0.6 is 0 Å². The molecule has 0 radical (unpaired) electrons. The summed E-state index contributed by atoms with van der Waals surface area (Å²) in [6, 6.07) is 5.44. The third-order valence-corrected chi connectivity index (χ3v) is 9.76. The fraction of sp³-hybridized carbons (Fsp3) is 0.628. The maximum atomic E-state index is 13.9. The Hall–Kier alpha value is -4.70. The molecule has 0 aromatic heterocycles. The van der Waals surface area contributed by atoms with E-state index in [0.29, 0.717) is 50.1 Å². The molecule has 2 amide bonds. The Labute approximate surface area is 331 Å². The molecule has 0 saturated carbocycles. The molecule has 1 saturated heterocycles. The second-order valence-corrected chi connectivity index (χ2v) is 14.2. The molecule has 1 aliphatic rings. The number of hydrogen-bond donors (Lipinski definition) is 3. The Morgan fingerprint density at radius 2 is 1.57 bits per heavy atom. The van der Waals surface area contributed by atoms with Crippen LogP contribution in [0.15, 0.2) is 36.4 Å². The average molecular weight is 783 g/mol. The predicted octanol–water partition coefficient (Wildman–Crippen LogP) is 5.49. The summed E-state index contributed by atoms with van der Waals surface area (Å²) in [5, 5.41) is 24.4. The van der Waals surface area contributed by atoms with Crippen molar-refractivity contribution in [3.05, 3.63) is 42.0 Å². The van der Waals surface area contributed by atoms with Gasteiger partial charge in [-0.25, -0.2) is 9.59 Å². The Balaban J connectivity index is 2.16. The third-order valence-electron chi connectivity index (χ3n) is 9.76. The van der Waals surface area contributed by atoms with E-state index in [2.05, 4.69) is 24.1 Å². The van der Waals surface area contributed by atoms with E-state index >= 15 is 0 Å². The van der Waals surface area contributed by atoms with Gasteiger partial charge in [-0.15, -0.1) is 5.92 Å². The van der Waals surface area contributed by atoms with Crippen LogP contribution < -0.4 is 10.1 Å². The summed E-state index contributed by atoms with van der Waals surface area (Å²) in [4.78, 5) is 78.7. The number of benzene rings is 1. The van der Waals surface area contributed by atoms with Crippen molar-refractivity contribution >= 4 is 35.5 Å². The number of aliphatic carboxylic acids is 1. The molecule has 1 aliphatic heterocycles. The number of ether oxygens (including phenoxy) is 3. The van der Waals surface area contributed by atoms with E-state index in [1.54, 1.807) is 42.2 Å². The molecule has 0 bridgehead atoms. The summed E-state index contributed by atoms with van der Waals surface area (Å²) in [5.41, 5.74) is -2.38. The van der Waals surface area contributed by atoms with Crippen molar-refractivity contribution in [2.45, 2.75) is 135 Å². The van der Waals surface area contributed by atoms with Crippen LogP contribution in [0.4, 0.5) is 0 Å². The lowest BCUT2D eigenvalue weighted by molar-refractivity contribution is -0.175. The first-order chi connectivity index (χ1) is 26.9. The van der Waals surface area contributed by atoms with Gasteiger partial charge in [0.05, 0.1) is 19.4 Å². The second-order valence-electron chi connectivity index (χ2n) is 14.2. The summed E-state index contributed by atoms with van der Waals surface area (Å²) in [6.45, 7) is 4.45. The van der Waals surface area contributed by atoms with Crippen LogP contribution in [0.2, 0.25) is 0 Å². The van der Waals surface area contributed by atoms with Crippen LogP contribution in [-0.2, 0) is 44.7 Å². The molecule has 1 aromatic rings. The Morgan fingerprint density at radius 3 is 2.18 bits per heavy atom. The molecule has 1 aromatic carbocycles. The molecule has 0 spiro atoms. The Morgan fingerprint density at radius 1 is 0.929 bits per heavy atom. The number of carboxylic acid groups (broad SMARTS) is 1. The van der Waals surface area contributed by atoms with Crippen molar-refractivity contribution in [1.29, 1.82) is 0 Å². The van der Waals surface area contributed by atoms with Crippen LogP contribution in [0.3, 0.4) is 0 Å². The highest BCUT2D eigenvalue weighted by atomic mass is 16.5. The zero-order valence-corrected chi connectivity index (χ0v) is 33.5. The van der Waals surface area contributed by atoms with Crippen molar-refractivity contribution in [3.8, 4) is 17.6 Å². The minimum absolute atomic E-state index is 0.0442. The topological polar surface area (TPSA) is 186 Å². The Kier molecular flexibility index (Phi) is 22.9. The maximum Gasteiger partial charge on any atom is 0.337 e. The highest BCUT2D eigenvalue weighted by molar-refractivity contribution is 5.95. The number of hydrogen-bond acceptors (Lipinski definition) is 10. The maximum absolute atomic E-state index is 13.9. The summed E-state index contributed by atoms with van der Waals surface area (Å²) in [6.07, 6.45) is 14.3. The number of unbranched alkanes of at least 4 members (excludes halogenated alkanes) is 8. The number of nitrogens with one attached hydrogen (secondary N) is 1. The van der Waals surface area contributed by atoms with Crippen molar-refractivity contribution < 1.29 is 53.2 Å². The molecule has 13 nitrogen and oxygen atoms in total. The average Bonchev–Trinajstić information content (AvgIpc) is 3.19. The monoisotopic (exact) mass is 782 g/mol. The molecule has 2 rings (SSSR count). The van der Waals surface area contributed by atoms with Crippen molar-refractivity contribution in [2.24, 2.45) is 5.92 Å². The number of Topliss-reactive ketones (excluding diaryl/α,β-unsaturated/α-hetero) is 1. The first-order valence-electron chi connectivity index (χ1n) is 20.0. The van der Waals surface area contributed by atoms with Gasteiger partial charge in [0.15, 0.2) is 12.2 Å². The molecule has 3 N–H and O–H groups in total. The van der Waals surface area contributed by atoms with Gasteiger partial charge in [-0.1, -0.05) is 75.7 Å². The first kappa shape index (κ1) is 47.5. The van der Waals surface area contributed by atoms with Gasteiger partial charge in [0.1, 0.15) is 24.2 Å². The quantitative estimate of drug-likeness (QED) is 0.0444. The third kappa shape index (κ3) is 17.8. The van der Waals surface area contributed by atoms with E-state index in [1.165, 1.54) is 12.5 Å². The molecule has 0 aliphatic carbocycles. The van der Waals surface area contributed by atoms with Gasteiger partial charge in [-0.05, 0) is 69.6 Å². The molecule has 3 atom stereocenters. The van der Waals surface area contributed by atoms with Crippen LogP contribution in [-0.4, -0.2) is 95.7 Å². The van der Waals surface area contributed by atoms with Crippen molar-refractivity contribution in [2.75, 3.05) is 33.4 Å². The van der Waals surface area contributed by atoms with Gasteiger partial charge >= 0.3 is 17.9 Å². The fourth-order valence-corrected chi connectivity index (χ4v) is 6.40. The lowest BCUT2D eigenvalue weighted by Gasteiger charge is -2.30. The number of likely N-dealkylation sites (tertiary alicyclic amines) is 1. The highest BCUT2D eigenvalue weighted by Gasteiger charge is 2.49. The van der Waals surface area contributed by atoms with E-state index in [4.69, 9.17) is 14.2 Å². The minimum Gasteiger partial charge on any atom is -0.481 e. The summed E-state index contributed by atoms with van der Waals surface area (Å²) in [5.74, 6) is -0.846. The van der Waals surface area contributed by atoms with E-state index in [9.17, 15) is 39.0 Å². The lowest BCUT2D eigenvalue weighted by atomic mass is 9.82. The molecular weight excluding hydrogens is 720 g/mol. The van der Waals surface area contributed by atoms with Gasteiger partial charge in [0.2, 0.25) is 5.91 Å². The smallest absolute Gasteiger partial charge is 0.337 e. The molecule has 13 heteroatoms. The zero-order chi connectivity index (χ0) is 41.2. The van der Waals surface area contributed by atoms with Gasteiger partial charge in [0, 0.05) is 32.4 Å². The SMILES string of the molecule is CC#CCOc1ccc(C[C@H](NC(=O)[C@@H](C=CCCCCCCC(=O)CCCCCCC)[C@@](O)(CC(=O)OCC(=O)N2CCCCC2)C(=O)O)C(=O)OC)cc1. The Bertz CT molecular complexity index is 1490. The molecule has 1 heterocycles. The number of piperidine rings is 1. The van der Waals surface area contributed by atoms with Crippen LogP contribution in [0.1, 0.15) is 122 Å². The molecule has 310 valence electrons. The second kappa shape index (κ2) is 27.0. The largest absolute Gasteiger partial charge is 0.481 e. The van der Waals surface area contributed by atoms with Crippen molar-refractivity contribution in [3.63, 3.8) is 0 Å². The number of allylic oxidation sites excluding steroid dienone is 1. The summed E-state index contributed by atoms with van der Waals surface area (Å²) < 4.78 is 15.6. The zero-order valence-electron chi connectivity index (χ0n) is 33.5. The summed E-state index contributed by atoms with van der Waals surface area (Å²) >= 11 is 0. The lowest BCUT2D eigenvalue weighted by Crippen LogP contribution is -2.55. The predicted molar refractivity (Wildman–Crippen MR) is 210 cm³/mol. The molecular formula is C43H62N2O11. The van der Waals surface area contributed by atoms with Crippen molar-refractivity contribution in [1.82, 2.24) is 10.2 Å². The van der Waals surface area contributed by atoms with E-state index < -0.39 is 60.3 Å². The number of carbonyl (C=O) groups excluding carboxylic acids is 5. The number of rotatable bonds is 27. The number of ketones is 1. The van der Waals surface area contributed by atoms with Crippen LogP contribution in [0.25, 0.3) is 0 Å². The standard InChI is InChI=1S/C43H62N2O11/c1-4-6-8-11-15-20-34(46)21-16-12-9-10-13-17-22-36(43(53,42(51)52)31-39(48)56-32-38(47)45-27-18-14-19-28-45)40(49)44-37(41(50)54-3)30-33-23-25-35(26-24-33)55-29-7-5-2/h17,22-26,36-37,53H,4,6,8-16,18-21,27-32H2,1-3H3,(H,44,49)(H,51,52)/t36-,37+,43+/m1/s1. The number of carbonyl (C=O) groups is 6. The van der Waals surface area contributed by atoms with Gasteiger partial charge in [-0.3, -0.25) is 19.2 Å². The van der Waals surface area contributed by atoms with Crippen LogP contribution in [0, 0.1) is 17.8 Å². The van der Waals surface area contributed by atoms with E-state index in [1.807, 2.05) is 0 Å². The number of nitrogens with zero attached hydrogens (tertiary/aromatic N) is 1. The number of esters is 2. The number of aliphatic hydroxyl groups is 1. The highest BCUT2D eigenvalue weighted by Crippen LogP contribution is 2.27. The van der Waals surface area contributed by atoms with E-state index in [0.717, 1.165) is 71.3 Å². The molecule has 56 heavy (non-hydrogen) atoms. The van der Waals surface area contributed by atoms with Gasteiger partial charge in [0.25, 0.3) is 5.91 Å². The normalized spacial score (nSPS) is 14.8. The molecule has 1 fully saturated rings. The van der Waals surface area contributed by atoms with Crippen LogP contribution in [0.5, 0.6) is 5.75 Å². The van der Waals surface area contributed by atoms with E-state index in [-0.39, 0.29) is 18.8 Å². The molecule has 0 unspecified atom stereocenters. The minimum atomic E-state index is -3.00. The number of methoxy groups -OCH3 is 1. The van der Waals surface area contributed by atoms with Gasteiger partial charge in [-0.2, -0.15) is 0 Å². The summed E-state index contributed by atoms with van der Waals surface area (Å²) in [7, 11) is 1.14. The fourth-order valence-electron chi connectivity index (χ4n) is 6.40. The first-order valence-corrected chi connectivity index (χ1v) is 20.0.